The molecule has 1 N–H and O–H groups in total. The van der Waals surface area contributed by atoms with E-state index >= 15 is 0 Å². The van der Waals surface area contributed by atoms with Gasteiger partial charge in [-0.25, -0.2) is 0 Å². The Morgan fingerprint density at radius 3 is 2.74 bits per heavy atom. The number of rotatable bonds is 4. The van der Waals surface area contributed by atoms with Gasteiger partial charge in [0.05, 0.1) is 0 Å². The molecule has 2 rings (SSSR count). The number of nitrogens with one attached hydrogen (secondary N) is 1. The summed E-state index contributed by atoms with van der Waals surface area (Å²) in [6, 6.07) is 3.76. The number of likely N-dealkylation sites (tertiary alicyclic amines) is 1. The Morgan fingerprint density at radius 2 is 2.11 bits per heavy atom. The van der Waals surface area contributed by atoms with Gasteiger partial charge in [0.2, 0.25) is 0 Å². The molecule has 1 amide bonds. The summed E-state index contributed by atoms with van der Waals surface area (Å²) in [6.45, 7) is 9.11. The Kier molecular flexibility index (Phi) is 4.40. The zero-order valence-electron chi connectivity index (χ0n) is 12.0. The second-order valence-electron chi connectivity index (χ2n) is 5.52. The van der Waals surface area contributed by atoms with Crippen LogP contribution in [0.3, 0.4) is 0 Å². The molecule has 1 aromatic rings. The first-order chi connectivity index (χ1) is 9.11. The molecule has 2 unspecified atom stereocenters. The monoisotopic (exact) mass is 261 g/mol. The standard InChI is InChI=1S/C15H23N3O/c1-4-6-16-13-5-7-17-14(8-13)15(19)18-9-11(2)12(3)10-18/h5,7-8,11-12H,4,6,9-10H2,1-3H3,(H,16,17). The summed E-state index contributed by atoms with van der Waals surface area (Å²) < 4.78 is 0. The van der Waals surface area contributed by atoms with Crippen LogP contribution in [-0.4, -0.2) is 35.4 Å². The molecule has 4 heteroatoms. The van der Waals surface area contributed by atoms with E-state index < -0.39 is 0 Å². The number of amides is 1. The number of hydrogen-bond acceptors (Lipinski definition) is 3. The molecule has 2 atom stereocenters. The van der Waals surface area contributed by atoms with Gasteiger partial charge in [0.15, 0.2) is 0 Å². The van der Waals surface area contributed by atoms with Crippen LogP contribution in [0.5, 0.6) is 0 Å². The average molecular weight is 261 g/mol. The first-order valence-electron chi connectivity index (χ1n) is 7.11. The predicted octanol–water partition coefficient (Wildman–Crippen LogP) is 2.63. The van der Waals surface area contributed by atoms with Crippen LogP contribution in [0.2, 0.25) is 0 Å². The molecular formula is C15H23N3O. The lowest BCUT2D eigenvalue weighted by Gasteiger charge is -2.16. The summed E-state index contributed by atoms with van der Waals surface area (Å²) >= 11 is 0. The number of pyridine rings is 1. The molecule has 4 nitrogen and oxygen atoms in total. The molecule has 19 heavy (non-hydrogen) atoms. The first kappa shape index (κ1) is 13.8. The van der Waals surface area contributed by atoms with Crippen molar-refractivity contribution in [2.75, 3.05) is 25.0 Å². The number of hydrogen-bond donors (Lipinski definition) is 1. The smallest absolute Gasteiger partial charge is 0.272 e. The number of anilines is 1. The van der Waals surface area contributed by atoms with E-state index in [1.807, 2.05) is 17.0 Å². The fraction of sp³-hybridized carbons (Fsp3) is 0.600. The van der Waals surface area contributed by atoms with Gasteiger partial charge in [0, 0.05) is 31.5 Å². The van der Waals surface area contributed by atoms with Crippen molar-refractivity contribution in [1.82, 2.24) is 9.88 Å². The number of aromatic nitrogens is 1. The minimum Gasteiger partial charge on any atom is -0.385 e. The van der Waals surface area contributed by atoms with Crippen molar-refractivity contribution in [2.24, 2.45) is 11.8 Å². The van der Waals surface area contributed by atoms with Crippen molar-refractivity contribution < 1.29 is 4.79 Å². The Hall–Kier alpha value is -1.58. The molecule has 1 aliphatic rings. The summed E-state index contributed by atoms with van der Waals surface area (Å²) in [4.78, 5) is 18.5. The second-order valence-corrected chi connectivity index (χ2v) is 5.52. The maximum atomic E-state index is 12.4. The van der Waals surface area contributed by atoms with E-state index in [1.165, 1.54) is 0 Å². The lowest BCUT2D eigenvalue weighted by molar-refractivity contribution is 0.0779. The molecule has 1 fully saturated rings. The van der Waals surface area contributed by atoms with Crippen molar-refractivity contribution in [1.29, 1.82) is 0 Å². The first-order valence-corrected chi connectivity index (χ1v) is 7.11. The zero-order valence-corrected chi connectivity index (χ0v) is 12.0. The largest absolute Gasteiger partial charge is 0.385 e. The predicted molar refractivity (Wildman–Crippen MR) is 77.2 cm³/mol. The van der Waals surface area contributed by atoms with Crippen molar-refractivity contribution >= 4 is 11.6 Å². The lowest BCUT2D eigenvalue weighted by Crippen LogP contribution is -2.29. The fourth-order valence-corrected chi connectivity index (χ4v) is 2.38. The van der Waals surface area contributed by atoms with Crippen molar-refractivity contribution in [3.63, 3.8) is 0 Å². The Labute approximate surface area is 115 Å². The van der Waals surface area contributed by atoms with Crippen LogP contribution in [0.15, 0.2) is 18.3 Å². The van der Waals surface area contributed by atoms with Crippen LogP contribution in [0, 0.1) is 11.8 Å². The van der Waals surface area contributed by atoms with Crippen molar-refractivity contribution in [3.8, 4) is 0 Å². The summed E-state index contributed by atoms with van der Waals surface area (Å²) in [6.07, 6.45) is 2.76. The van der Waals surface area contributed by atoms with Crippen molar-refractivity contribution in [3.05, 3.63) is 24.0 Å². The third kappa shape index (κ3) is 3.25. The molecule has 1 saturated heterocycles. The Bertz CT molecular complexity index is 437. The lowest BCUT2D eigenvalue weighted by atomic mass is 10.0. The van der Waals surface area contributed by atoms with Crippen LogP contribution in [-0.2, 0) is 0 Å². The highest BCUT2D eigenvalue weighted by molar-refractivity contribution is 5.93. The Balaban J connectivity index is 2.07. The van der Waals surface area contributed by atoms with Gasteiger partial charge in [-0.1, -0.05) is 20.8 Å². The van der Waals surface area contributed by atoms with Gasteiger partial charge >= 0.3 is 0 Å². The number of carbonyl (C=O) groups excluding carboxylic acids is 1. The summed E-state index contributed by atoms with van der Waals surface area (Å²) in [5.74, 6) is 1.20. The molecule has 0 aromatic carbocycles. The van der Waals surface area contributed by atoms with E-state index in [9.17, 15) is 4.79 Å². The molecule has 0 aliphatic carbocycles. The molecule has 0 spiro atoms. The highest BCUT2D eigenvalue weighted by atomic mass is 16.2. The van der Waals surface area contributed by atoms with Gasteiger partial charge in [0.1, 0.15) is 5.69 Å². The summed E-state index contributed by atoms with van der Waals surface area (Å²) in [7, 11) is 0. The minimum atomic E-state index is 0.0522. The number of carbonyl (C=O) groups is 1. The molecule has 1 aliphatic heterocycles. The van der Waals surface area contributed by atoms with Gasteiger partial charge < -0.3 is 10.2 Å². The third-order valence-electron chi connectivity index (χ3n) is 3.83. The van der Waals surface area contributed by atoms with Crippen LogP contribution >= 0.6 is 0 Å². The fourth-order valence-electron chi connectivity index (χ4n) is 2.38. The maximum absolute atomic E-state index is 12.4. The highest BCUT2D eigenvalue weighted by Crippen LogP contribution is 2.23. The Morgan fingerprint density at radius 1 is 1.42 bits per heavy atom. The van der Waals surface area contributed by atoms with E-state index in [1.54, 1.807) is 6.20 Å². The molecular weight excluding hydrogens is 238 g/mol. The van der Waals surface area contributed by atoms with Crippen LogP contribution in [0.1, 0.15) is 37.7 Å². The van der Waals surface area contributed by atoms with Gasteiger partial charge in [-0.05, 0) is 30.4 Å². The van der Waals surface area contributed by atoms with E-state index in [2.05, 4.69) is 31.1 Å². The topological polar surface area (TPSA) is 45.2 Å². The normalized spacial score (nSPS) is 22.6. The second kappa shape index (κ2) is 6.04. The summed E-state index contributed by atoms with van der Waals surface area (Å²) in [5, 5.41) is 3.29. The minimum absolute atomic E-state index is 0.0522. The highest BCUT2D eigenvalue weighted by Gasteiger charge is 2.30. The molecule has 0 radical (unpaired) electrons. The van der Waals surface area contributed by atoms with E-state index in [-0.39, 0.29) is 5.91 Å². The van der Waals surface area contributed by atoms with Gasteiger partial charge in [-0.15, -0.1) is 0 Å². The quantitative estimate of drug-likeness (QED) is 0.906. The van der Waals surface area contributed by atoms with Crippen LogP contribution < -0.4 is 5.32 Å². The third-order valence-corrected chi connectivity index (χ3v) is 3.83. The van der Waals surface area contributed by atoms with Gasteiger partial charge in [0.25, 0.3) is 5.91 Å². The maximum Gasteiger partial charge on any atom is 0.272 e. The van der Waals surface area contributed by atoms with Crippen molar-refractivity contribution in [2.45, 2.75) is 27.2 Å². The van der Waals surface area contributed by atoms with E-state index in [0.717, 1.165) is 31.7 Å². The van der Waals surface area contributed by atoms with Gasteiger partial charge in [-0.2, -0.15) is 0 Å². The van der Waals surface area contributed by atoms with E-state index in [4.69, 9.17) is 0 Å². The van der Waals surface area contributed by atoms with Crippen LogP contribution in [0.25, 0.3) is 0 Å². The van der Waals surface area contributed by atoms with Gasteiger partial charge in [-0.3, -0.25) is 9.78 Å². The molecule has 0 saturated carbocycles. The SMILES string of the molecule is CCCNc1ccnc(C(=O)N2CC(C)C(C)C2)c1. The van der Waals surface area contributed by atoms with Crippen LogP contribution in [0.4, 0.5) is 5.69 Å². The average Bonchev–Trinajstić information content (AvgIpc) is 2.76. The van der Waals surface area contributed by atoms with E-state index in [0.29, 0.717) is 17.5 Å². The zero-order chi connectivity index (χ0) is 13.8. The number of nitrogens with zero attached hydrogens (tertiary/aromatic N) is 2. The summed E-state index contributed by atoms with van der Waals surface area (Å²) in [5.41, 5.74) is 1.52. The molecule has 1 aromatic heterocycles. The molecule has 2 heterocycles. The molecule has 104 valence electrons. The molecule has 0 bridgehead atoms.